The zero-order valence-corrected chi connectivity index (χ0v) is 8.70. The molecule has 5 nitrogen and oxygen atoms in total. The van der Waals surface area contributed by atoms with Crippen molar-refractivity contribution in [2.24, 2.45) is 5.73 Å². The van der Waals surface area contributed by atoms with Gasteiger partial charge in [0.2, 0.25) is 5.91 Å². The van der Waals surface area contributed by atoms with E-state index >= 15 is 0 Å². The molecule has 1 unspecified atom stereocenters. The molecule has 1 rings (SSSR count). The van der Waals surface area contributed by atoms with Crippen molar-refractivity contribution in [1.82, 2.24) is 4.72 Å². The number of nitrogens with one attached hydrogen (secondary N) is 1. The van der Waals surface area contributed by atoms with Crippen LogP contribution in [-0.2, 0) is 22.5 Å². The summed E-state index contributed by atoms with van der Waals surface area (Å²) in [6.07, 6.45) is 0.309. The lowest BCUT2D eigenvalue weighted by molar-refractivity contribution is -0.120. The molecule has 1 aromatic rings. The van der Waals surface area contributed by atoms with E-state index in [2.05, 4.69) is 0 Å². The van der Waals surface area contributed by atoms with E-state index in [4.69, 9.17) is 5.73 Å². The zero-order chi connectivity index (χ0) is 11.3. The molecule has 0 fully saturated rings. The Morgan fingerprint density at radius 2 is 2.07 bits per heavy atom. The summed E-state index contributed by atoms with van der Waals surface area (Å²) in [6.45, 7) is 0. The van der Waals surface area contributed by atoms with Crippen LogP contribution in [0.1, 0.15) is 5.56 Å². The average molecular weight is 227 g/mol. The number of rotatable bonds is 4. The third-order valence-corrected chi connectivity index (χ3v) is 2.19. The summed E-state index contributed by atoms with van der Waals surface area (Å²) >= 11 is -2.60. The molecule has 6 heteroatoms. The Labute approximate surface area is 90.1 Å². The van der Waals surface area contributed by atoms with Crippen molar-refractivity contribution >= 4 is 17.2 Å². The summed E-state index contributed by atoms with van der Waals surface area (Å²) in [5.74, 6) is -0.702. The van der Waals surface area contributed by atoms with Crippen molar-refractivity contribution in [3.8, 4) is 0 Å². The molecule has 0 spiro atoms. The lowest BCUT2D eigenvalue weighted by Crippen LogP contribution is -2.42. The van der Waals surface area contributed by atoms with Crippen molar-refractivity contribution in [2.45, 2.75) is 12.5 Å². The van der Waals surface area contributed by atoms with Gasteiger partial charge in [-0.25, -0.2) is 0 Å². The molecule has 15 heavy (non-hydrogen) atoms. The van der Waals surface area contributed by atoms with E-state index < -0.39 is 23.2 Å². The predicted octanol–water partition coefficient (Wildman–Crippen LogP) is -0.533. The van der Waals surface area contributed by atoms with Crippen LogP contribution in [0.4, 0.5) is 0 Å². The van der Waals surface area contributed by atoms with Crippen LogP contribution in [0.2, 0.25) is 0 Å². The van der Waals surface area contributed by atoms with Crippen molar-refractivity contribution in [3.05, 3.63) is 35.9 Å². The number of amides is 1. The third kappa shape index (κ3) is 4.20. The minimum absolute atomic E-state index is 0.309. The minimum Gasteiger partial charge on any atom is -0.755 e. The van der Waals surface area contributed by atoms with Crippen molar-refractivity contribution < 1.29 is 13.6 Å². The Bertz CT molecular complexity index is 356. The van der Waals surface area contributed by atoms with Crippen molar-refractivity contribution in [2.75, 3.05) is 0 Å². The lowest BCUT2D eigenvalue weighted by atomic mass is 10.1. The second kappa shape index (κ2) is 5.59. The summed E-state index contributed by atoms with van der Waals surface area (Å²) in [5.41, 5.74) is 6.40. The second-order valence-corrected chi connectivity index (χ2v) is 3.67. The highest BCUT2D eigenvalue weighted by molar-refractivity contribution is 7.77. The maximum Gasteiger partial charge on any atom is 0.248 e. The molecule has 82 valence electrons. The molecule has 1 amide bonds. The maximum atomic E-state index is 11.1. The van der Waals surface area contributed by atoms with Gasteiger partial charge >= 0.3 is 0 Å². The Balaban J connectivity index is 2.52. The fourth-order valence-electron chi connectivity index (χ4n) is 1.12. The summed E-state index contributed by atoms with van der Waals surface area (Å²) < 4.78 is 22.1. The predicted molar refractivity (Wildman–Crippen MR) is 55.2 cm³/mol. The molecule has 2 atom stereocenters. The van der Waals surface area contributed by atoms with E-state index in [0.29, 0.717) is 6.42 Å². The standard InChI is InChI=1S/C9H12N2O3S/c10-8(9(12)11-15(13)14)6-7-4-2-1-3-5-7/h1-5,8H,6,10H2,(H,11,12)(H,13,14)/p-1/t8-/m0/s1. The van der Waals surface area contributed by atoms with Crippen LogP contribution < -0.4 is 10.5 Å². The van der Waals surface area contributed by atoms with Gasteiger partial charge in [0.15, 0.2) is 0 Å². The van der Waals surface area contributed by atoms with Crippen LogP contribution in [0.25, 0.3) is 0 Å². The van der Waals surface area contributed by atoms with Crippen LogP contribution in [-0.4, -0.2) is 20.7 Å². The van der Waals surface area contributed by atoms with E-state index in [-0.39, 0.29) is 0 Å². The number of hydrogen-bond acceptors (Lipinski definition) is 4. The Morgan fingerprint density at radius 3 is 2.60 bits per heavy atom. The highest BCUT2D eigenvalue weighted by atomic mass is 32.2. The molecule has 0 aliphatic heterocycles. The number of carbonyl (C=O) groups is 1. The molecular weight excluding hydrogens is 216 g/mol. The first-order chi connectivity index (χ1) is 7.09. The van der Waals surface area contributed by atoms with Gasteiger partial charge < -0.3 is 10.3 Å². The van der Waals surface area contributed by atoms with Gasteiger partial charge in [-0.1, -0.05) is 30.3 Å². The molecule has 3 N–H and O–H groups in total. The highest BCUT2D eigenvalue weighted by Gasteiger charge is 2.13. The zero-order valence-electron chi connectivity index (χ0n) is 7.88. The number of hydrogen-bond donors (Lipinski definition) is 2. The van der Waals surface area contributed by atoms with Gasteiger partial charge in [-0.3, -0.25) is 13.7 Å². The highest BCUT2D eigenvalue weighted by Crippen LogP contribution is 2.01. The van der Waals surface area contributed by atoms with E-state index in [0.717, 1.165) is 5.56 Å². The van der Waals surface area contributed by atoms with Gasteiger partial charge in [0, 0.05) is 11.3 Å². The van der Waals surface area contributed by atoms with Crippen LogP contribution in [0.3, 0.4) is 0 Å². The van der Waals surface area contributed by atoms with E-state index in [1.807, 2.05) is 30.3 Å². The number of nitrogens with two attached hydrogens (primary N) is 1. The Morgan fingerprint density at radius 1 is 1.47 bits per heavy atom. The first-order valence-corrected chi connectivity index (χ1v) is 5.36. The molecule has 0 bridgehead atoms. The molecule has 0 aliphatic rings. The van der Waals surface area contributed by atoms with Gasteiger partial charge in [0.1, 0.15) is 0 Å². The van der Waals surface area contributed by atoms with E-state index in [1.165, 1.54) is 0 Å². The topological polar surface area (TPSA) is 95.2 Å². The molecule has 0 aliphatic carbocycles. The molecule has 0 saturated heterocycles. The molecule has 0 saturated carbocycles. The summed E-state index contributed by atoms with van der Waals surface area (Å²) in [5, 5.41) is 0. The second-order valence-electron chi connectivity index (χ2n) is 3.00. The first kappa shape index (κ1) is 11.8. The van der Waals surface area contributed by atoms with Crippen molar-refractivity contribution in [1.29, 1.82) is 0 Å². The average Bonchev–Trinajstić information content (AvgIpc) is 2.18. The SMILES string of the molecule is N[C@@H](Cc1ccccc1)C(=O)NS(=O)[O-]. The van der Waals surface area contributed by atoms with Crippen LogP contribution in [0.5, 0.6) is 0 Å². The molecule has 0 aromatic heterocycles. The van der Waals surface area contributed by atoms with Gasteiger partial charge in [-0.2, -0.15) is 0 Å². The molecule has 0 heterocycles. The van der Waals surface area contributed by atoms with Crippen LogP contribution in [0, 0.1) is 0 Å². The van der Waals surface area contributed by atoms with Gasteiger partial charge in [0.25, 0.3) is 0 Å². The van der Waals surface area contributed by atoms with Crippen molar-refractivity contribution in [3.63, 3.8) is 0 Å². The van der Waals surface area contributed by atoms with E-state index in [9.17, 15) is 13.6 Å². The Hall–Kier alpha value is -1.24. The largest absolute Gasteiger partial charge is 0.755 e. The van der Waals surface area contributed by atoms with Crippen LogP contribution >= 0.6 is 0 Å². The number of carbonyl (C=O) groups excluding carboxylic acids is 1. The summed E-state index contributed by atoms with van der Waals surface area (Å²) in [6, 6.07) is 8.28. The first-order valence-electron chi connectivity index (χ1n) is 4.29. The lowest BCUT2D eigenvalue weighted by Gasteiger charge is -2.13. The smallest absolute Gasteiger partial charge is 0.248 e. The van der Waals surface area contributed by atoms with Gasteiger partial charge in [-0.05, 0) is 12.0 Å². The molecular formula is C9H11N2O3S-. The summed E-state index contributed by atoms with van der Waals surface area (Å²) in [7, 11) is 0. The third-order valence-electron chi connectivity index (χ3n) is 1.82. The minimum atomic E-state index is -2.60. The maximum absolute atomic E-state index is 11.1. The quantitative estimate of drug-likeness (QED) is 0.676. The fraction of sp³-hybridized carbons (Fsp3) is 0.222. The van der Waals surface area contributed by atoms with Crippen LogP contribution in [0.15, 0.2) is 30.3 Å². The normalized spacial score (nSPS) is 14.3. The number of benzene rings is 1. The van der Waals surface area contributed by atoms with E-state index in [1.54, 1.807) is 4.72 Å². The molecule has 0 radical (unpaired) electrons. The fourth-order valence-corrected chi connectivity index (χ4v) is 1.43. The monoisotopic (exact) mass is 227 g/mol. The Kier molecular flexibility index (Phi) is 4.41. The summed E-state index contributed by atoms with van der Waals surface area (Å²) in [4.78, 5) is 11.1. The molecule has 1 aromatic carbocycles. The van der Waals surface area contributed by atoms with Gasteiger partial charge in [-0.15, -0.1) is 0 Å². The van der Waals surface area contributed by atoms with Gasteiger partial charge in [0.05, 0.1) is 6.04 Å².